The summed E-state index contributed by atoms with van der Waals surface area (Å²) in [6.45, 7) is 0. The van der Waals surface area contributed by atoms with E-state index in [1.807, 2.05) is 0 Å². The van der Waals surface area contributed by atoms with E-state index in [-0.39, 0.29) is 28.3 Å². The van der Waals surface area contributed by atoms with E-state index in [9.17, 15) is 38.8 Å². The van der Waals surface area contributed by atoms with Gasteiger partial charge in [0.1, 0.15) is 11.6 Å². The molecule has 0 aromatic heterocycles. The van der Waals surface area contributed by atoms with Crippen molar-refractivity contribution in [3.05, 3.63) is 64.7 Å². The zero-order valence-electron chi connectivity index (χ0n) is 16.1. The van der Waals surface area contributed by atoms with Crippen LogP contribution in [0.3, 0.4) is 0 Å². The van der Waals surface area contributed by atoms with Gasteiger partial charge in [-0.1, -0.05) is 11.6 Å². The highest BCUT2D eigenvalue weighted by atomic mass is 35.5. The van der Waals surface area contributed by atoms with Crippen LogP contribution in [0.15, 0.2) is 47.4 Å². The Morgan fingerprint density at radius 3 is 2.16 bits per heavy atom. The highest BCUT2D eigenvalue weighted by Crippen LogP contribution is 2.41. The van der Waals surface area contributed by atoms with E-state index in [2.05, 4.69) is 0 Å². The number of nitrogens with one attached hydrogen (secondary N) is 1. The molecular weight excluding hydrogens is 501 g/mol. The van der Waals surface area contributed by atoms with Gasteiger partial charge in [-0.15, -0.1) is 0 Å². The lowest BCUT2D eigenvalue weighted by molar-refractivity contribution is -0.0452. The molecule has 0 saturated heterocycles. The van der Waals surface area contributed by atoms with E-state index in [1.165, 1.54) is 29.0 Å². The van der Waals surface area contributed by atoms with E-state index < -0.39 is 60.6 Å². The number of benzene rings is 2. The van der Waals surface area contributed by atoms with Crippen molar-refractivity contribution < 1.29 is 38.8 Å². The Morgan fingerprint density at radius 2 is 1.56 bits per heavy atom. The van der Waals surface area contributed by atoms with Crippen molar-refractivity contribution in [1.29, 1.82) is 0 Å². The van der Waals surface area contributed by atoms with Gasteiger partial charge < -0.3 is 0 Å². The molecule has 3 rings (SSSR count). The summed E-state index contributed by atoms with van der Waals surface area (Å²) in [6.07, 6.45) is -1.01. The van der Waals surface area contributed by atoms with Gasteiger partial charge in [-0.3, -0.25) is 0 Å². The van der Waals surface area contributed by atoms with Crippen LogP contribution in [0.1, 0.15) is 30.7 Å². The molecular formula is C19H17ClF5NO4S2. The first-order valence-corrected chi connectivity index (χ1v) is 12.7. The summed E-state index contributed by atoms with van der Waals surface area (Å²) in [5.41, 5.74) is -5.93. The number of rotatable bonds is 5. The zero-order valence-corrected chi connectivity index (χ0v) is 18.5. The van der Waals surface area contributed by atoms with Crippen LogP contribution in [0.25, 0.3) is 0 Å². The van der Waals surface area contributed by atoms with E-state index in [0.717, 1.165) is 18.2 Å². The normalized spacial score (nSPS) is 22.6. The summed E-state index contributed by atoms with van der Waals surface area (Å²) in [5, 5.41) is -1.06. The molecule has 3 atom stereocenters. The standard InChI is InChI=1S/C19H17ClF5NO4S2/c20-11-1-5-14(6-2-11)31(27,28)18-8-4-13(26-32(29,30)19(23,24)25)10-16(18)15-9-12(21)3-7-17(15)22/h1-3,5-7,9,13,16,18,26H,4,8,10H2/t13-,16-,18+/m1/s1. The Bertz CT molecular complexity index is 1200. The second-order valence-corrected chi connectivity index (χ2v) is 11.7. The fraction of sp³-hybridized carbons (Fsp3) is 0.368. The molecule has 0 bridgehead atoms. The summed E-state index contributed by atoms with van der Waals surface area (Å²) in [7, 11) is -9.86. The highest BCUT2D eigenvalue weighted by molar-refractivity contribution is 7.92. The van der Waals surface area contributed by atoms with Gasteiger partial charge in [-0.05, 0) is 67.3 Å². The predicted octanol–water partition coefficient (Wildman–Crippen LogP) is 4.54. The second kappa shape index (κ2) is 8.88. The Kier molecular flexibility index (Phi) is 6.90. The lowest BCUT2D eigenvalue weighted by atomic mass is 9.81. The van der Waals surface area contributed by atoms with Crippen molar-refractivity contribution in [1.82, 2.24) is 4.72 Å². The van der Waals surface area contributed by atoms with E-state index >= 15 is 0 Å². The van der Waals surface area contributed by atoms with Crippen LogP contribution < -0.4 is 4.72 Å². The molecule has 13 heteroatoms. The molecule has 5 nitrogen and oxygen atoms in total. The number of hydrogen-bond donors (Lipinski definition) is 1. The first-order chi connectivity index (χ1) is 14.7. The van der Waals surface area contributed by atoms with Crippen LogP contribution >= 0.6 is 11.6 Å². The largest absolute Gasteiger partial charge is 0.511 e. The third-order valence-electron chi connectivity index (χ3n) is 5.31. The zero-order chi connectivity index (χ0) is 23.9. The highest BCUT2D eigenvalue weighted by Gasteiger charge is 2.49. The number of halogens is 6. The Morgan fingerprint density at radius 1 is 0.938 bits per heavy atom. The minimum absolute atomic E-state index is 0.150. The summed E-state index contributed by atoms with van der Waals surface area (Å²) in [6, 6.07) is 6.15. The molecule has 0 amide bonds. The predicted molar refractivity (Wildman–Crippen MR) is 107 cm³/mol. The van der Waals surface area contributed by atoms with Crippen molar-refractivity contribution in [2.45, 2.75) is 46.9 Å². The molecule has 32 heavy (non-hydrogen) atoms. The number of hydrogen-bond acceptors (Lipinski definition) is 4. The van der Waals surface area contributed by atoms with Crippen LogP contribution in [-0.2, 0) is 19.9 Å². The first-order valence-electron chi connectivity index (χ1n) is 9.25. The molecule has 0 aliphatic heterocycles. The lowest BCUT2D eigenvalue weighted by Gasteiger charge is -2.36. The number of sulfone groups is 1. The second-order valence-electron chi connectivity index (χ2n) is 7.39. The minimum atomic E-state index is -5.71. The third-order valence-corrected chi connectivity index (χ3v) is 9.11. The third kappa shape index (κ3) is 5.08. The van der Waals surface area contributed by atoms with Crippen LogP contribution in [0, 0.1) is 11.6 Å². The first kappa shape index (κ1) is 24.9. The van der Waals surface area contributed by atoms with Crippen molar-refractivity contribution in [2.75, 3.05) is 0 Å². The van der Waals surface area contributed by atoms with E-state index in [0.29, 0.717) is 0 Å². The molecule has 0 radical (unpaired) electrons. The van der Waals surface area contributed by atoms with Gasteiger partial charge in [0.2, 0.25) is 0 Å². The van der Waals surface area contributed by atoms with Gasteiger partial charge in [0, 0.05) is 17.0 Å². The van der Waals surface area contributed by atoms with Crippen molar-refractivity contribution in [3.8, 4) is 0 Å². The maximum absolute atomic E-state index is 14.5. The van der Waals surface area contributed by atoms with Gasteiger partial charge in [0.05, 0.1) is 10.1 Å². The van der Waals surface area contributed by atoms with Gasteiger partial charge in [0.15, 0.2) is 9.84 Å². The number of alkyl halides is 3. The molecule has 0 heterocycles. The summed E-state index contributed by atoms with van der Waals surface area (Å²) in [5.74, 6) is -3.13. The Labute approximate surface area is 186 Å². The Balaban J connectivity index is 2.02. The van der Waals surface area contributed by atoms with Crippen LogP contribution in [0.2, 0.25) is 5.02 Å². The Hall–Kier alpha value is -1.76. The molecule has 0 spiro atoms. The monoisotopic (exact) mass is 517 g/mol. The average molecular weight is 518 g/mol. The number of sulfonamides is 1. The topological polar surface area (TPSA) is 80.3 Å². The SMILES string of the molecule is O=S(=O)(c1ccc(Cl)cc1)[C@H]1CC[C@@H](NS(=O)(=O)C(F)(F)F)C[C@@H]1c1cc(F)ccc1F. The molecule has 1 fully saturated rings. The van der Waals surface area contributed by atoms with Crippen LogP contribution in [0.4, 0.5) is 22.0 Å². The molecule has 2 aromatic carbocycles. The van der Waals surface area contributed by atoms with Gasteiger partial charge in [-0.25, -0.2) is 30.3 Å². The molecule has 176 valence electrons. The van der Waals surface area contributed by atoms with Gasteiger partial charge in [-0.2, -0.15) is 13.2 Å². The molecule has 1 N–H and O–H groups in total. The molecule has 1 saturated carbocycles. The van der Waals surface area contributed by atoms with E-state index in [4.69, 9.17) is 11.6 Å². The average Bonchev–Trinajstić information content (AvgIpc) is 2.69. The summed E-state index contributed by atoms with van der Waals surface area (Å²) >= 11 is 5.78. The maximum atomic E-state index is 14.5. The molecule has 2 aromatic rings. The smallest absolute Gasteiger partial charge is 0.223 e. The molecule has 1 aliphatic carbocycles. The van der Waals surface area contributed by atoms with Gasteiger partial charge in [0.25, 0.3) is 0 Å². The molecule has 0 unspecified atom stereocenters. The van der Waals surface area contributed by atoms with E-state index in [1.54, 1.807) is 0 Å². The quantitative estimate of drug-likeness (QED) is 0.591. The maximum Gasteiger partial charge on any atom is 0.511 e. The van der Waals surface area contributed by atoms with Crippen LogP contribution in [-0.4, -0.2) is 33.6 Å². The van der Waals surface area contributed by atoms with Crippen LogP contribution in [0.5, 0.6) is 0 Å². The summed E-state index contributed by atoms with van der Waals surface area (Å²) in [4.78, 5) is -0.150. The fourth-order valence-corrected chi connectivity index (χ4v) is 6.75. The summed E-state index contributed by atoms with van der Waals surface area (Å²) < 4.78 is 118. The van der Waals surface area contributed by atoms with Crippen molar-refractivity contribution in [3.63, 3.8) is 0 Å². The van der Waals surface area contributed by atoms with Crippen molar-refractivity contribution in [2.24, 2.45) is 0 Å². The van der Waals surface area contributed by atoms with Crippen molar-refractivity contribution >= 4 is 31.5 Å². The fourth-order valence-electron chi connectivity index (χ4n) is 3.83. The minimum Gasteiger partial charge on any atom is -0.223 e. The molecule has 1 aliphatic rings. The lowest BCUT2D eigenvalue weighted by Crippen LogP contribution is -2.47. The van der Waals surface area contributed by atoms with Gasteiger partial charge >= 0.3 is 15.5 Å².